The summed E-state index contributed by atoms with van der Waals surface area (Å²) in [7, 11) is 0. The smallest absolute Gasteiger partial charge is 0.417 e. The van der Waals surface area contributed by atoms with E-state index >= 15 is 0 Å². The second-order valence-electron chi connectivity index (χ2n) is 10.2. The SMILES string of the molecule is CC(C)(C)OC(=O)N1CCN(C(=O)OC(C)(C)C)C1=Nc1ccc(N2CCCCC2)cc1. The fourth-order valence-electron chi connectivity index (χ4n) is 3.65. The first-order valence-electron chi connectivity index (χ1n) is 11.4. The number of aliphatic imine (C=N–C) groups is 1. The van der Waals surface area contributed by atoms with Gasteiger partial charge in [-0.1, -0.05) is 0 Å². The molecule has 0 radical (unpaired) electrons. The predicted molar refractivity (Wildman–Crippen MR) is 125 cm³/mol. The summed E-state index contributed by atoms with van der Waals surface area (Å²) in [6, 6.07) is 7.90. The average Bonchev–Trinajstić information content (AvgIpc) is 3.10. The van der Waals surface area contributed by atoms with Crippen molar-refractivity contribution in [3.8, 4) is 0 Å². The van der Waals surface area contributed by atoms with Crippen molar-refractivity contribution in [1.29, 1.82) is 0 Å². The molecule has 1 aromatic rings. The molecule has 8 nitrogen and oxygen atoms in total. The van der Waals surface area contributed by atoms with Gasteiger partial charge in [0.15, 0.2) is 0 Å². The number of hydrogen-bond donors (Lipinski definition) is 0. The first kappa shape index (κ1) is 23.9. The Morgan fingerprint density at radius 1 is 0.750 bits per heavy atom. The highest BCUT2D eigenvalue weighted by Crippen LogP contribution is 2.25. The van der Waals surface area contributed by atoms with E-state index in [0.29, 0.717) is 18.8 Å². The van der Waals surface area contributed by atoms with Gasteiger partial charge >= 0.3 is 12.2 Å². The monoisotopic (exact) mass is 444 g/mol. The molecule has 0 unspecified atom stereocenters. The van der Waals surface area contributed by atoms with Crippen LogP contribution in [0.15, 0.2) is 29.3 Å². The number of nitrogens with zero attached hydrogens (tertiary/aromatic N) is 4. The molecule has 0 spiro atoms. The number of guanidine groups is 1. The molecule has 2 fully saturated rings. The van der Waals surface area contributed by atoms with Gasteiger partial charge in [-0.2, -0.15) is 0 Å². The van der Waals surface area contributed by atoms with Crippen LogP contribution in [0.1, 0.15) is 60.8 Å². The number of benzene rings is 1. The van der Waals surface area contributed by atoms with Crippen LogP contribution in [0.2, 0.25) is 0 Å². The maximum atomic E-state index is 12.8. The average molecular weight is 445 g/mol. The number of piperidine rings is 1. The van der Waals surface area contributed by atoms with Gasteiger partial charge in [0.2, 0.25) is 5.96 Å². The Morgan fingerprint density at radius 2 is 1.22 bits per heavy atom. The van der Waals surface area contributed by atoms with Crippen molar-refractivity contribution in [3.05, 3.63) is 24.3 Å². The fourth-order valence-corrected chi connectivity index (χ4v) is 3.65. The molecular weight excluding hydrogens is 408 g/mol. The molecule has 0 atom stereocenters. The molecule has 0 aliphatic carbocycles. The second kappa shape index (κ2) is 9.38. The first-order chi connectivity index (χ1) is 14.9. The lowest BCUT2D eigenvalue weighted by Gasteiger charge is -2.29. The lowest BCUT2D eigenvalue weighted by molar-refractivity contribution is 0.0375. The van der Waals surface area contributed by atoms with Gasteiger partial charge in [0, 0.05) is 18.8 Å². The highest BCUT2D eigenvalue weighted by molar-refractivity contribution is 6.04. The van der Waals surface area contributed by atoms with E-state index in [2.05, 4.69) is 9.89 Å². The number of rotatable bonds is 2. The van der Waals surface area contributed by atoms with Crippen LogP contribution in [0.3, 0.4) is 0 Å². The standard InChI is InChI=1S/C24H36N4O4/c1-23(2,3)31-21(29)27-16-17-28(22(30)32-24(4,5)6)20(27)25-18-10-12-19(13-11-18)26-14-8-7-9-15-26/h10-13H,7-9,14-17H2,1-6H3. The third kappa shape index (κ3) is 6.37. The van der Waals surface area contributed by atoms with E-state index < -0.39 is 23.4 Å². The minimum absolute atomic E-state index is 0.222. The van der Waals surface area contributed by atoms with Gasteiger partial charge in [0.25, 0.3) is 0 Å². The van der Waals surface area contributed by atoms with Crippen molar-refractivity contribution in [2.75, 3.05) is 31.1 Å². The van der Waals surface area contributed by atoms with Crippen molar-refractivity contribution in [2.45, 2.75) is 72.0 Å². The normalized spacial score (nSPS) is 17.4. The zero-order valence-electron chi connectivity index (χ0n) is 20.2. The highest BCUT2D eigenvalue weighted by atomic mass is 16.6. The van der Waals surface area contributed by atoms with Gasteiger partial charge in [-0.3, -0.25) is 0 Å². The molecule has 2 aliphatic rings. The second-order valence-corrected chi connectivity index (χ2v) is 10.2. The van der Waals surface area contributed by atoms with E-state index in [4.69, 9.17) is 9.47 Å². The number of anilines is 1. The number of amides is 2. The van der Waals surface area contributed by atoms with Crippen molar-refractivity contribution < 1.29 is 19.1 Å². The van der Waals surface area contributed by atoms with Crippen LogP contribution in [0, 0.1) is 0 Å². The number of carbonyl (C=O) groups is 2. The van der Waals surface area contributed by atoms with E-state index in [0.717, 1.165) is 18.8 Å². The third-order valence-electron chi connectivity index (χ3n) is 5.06. The molecule has 0 N–H and O–H groups in total. The van der Waals surface area contributed by atoms with E-state index in [9.17, 15) is 9.59 Å². The van der Waals surface area contributed by atoms with E-state index in [1.54, 1.807) is 0 Å². The lowest BCUT2D eigenvalue weighted by Crippen LogP contribution is -2.44. The van der Waals surface area contributed by atoms with Gasteiger partial charge in [0.05, 0.1) is 18.8 Å². The van der Waals surface area contributed by atoms with E-state index in [-0.39, 0.29) is 5.96 Å². The van der Waals surface area contributed by atoms with Crippen molar-refractivity contribution in [1.82, 2.24) is 9.80 Å². The minimum Gasteiger partial charge on any atom is -0.443 e. The summed E-state index contributed by atoms with van der Waals surface area (Å²) >= 11 is 0. The molecule has 2 saturated heterocycles. The van der Waals surface area contributed by atoms with Crippen LogP contribution in [0.5, 0.6) is 0 Å². The summed E-state index contributed by atoms with van der Waals surface area (Å²) < 4.78 is 11.1. The van der Waals surface area contributed by atoms with Crippen LogP contribution >= 0.6 is 0 Å². The minimum atomic E-state index is -0.655. The molecule has 0 aromatic heterocycles. The van der Waals surface area contributed by atoms with Crippen LogP contribution in [-0.2, 0) is 9.47 Å². The first-order valence-corrected chi connectivity index (χ1v) is 11.4. The Kier molecular flexibility index (Phi) is 7.00. The van der Waals surface area contributed by atoms with E-state index in [1.165, 1.54) is 29.1 Å². The van der Waals surface area contributed by atoms with Crippen molar-refractivity contribution >= 4 is 29.5 Å². The highest BCUT2D eigenvalue weighted by Gasteiger charge is 2.39. The topological polar surface area (TPSA) is 74.7 Å². The largest absolute Gasteiger partial charge is 0.443 e. The Morgan fingerprint density at radius 3 is 1.66 bits per heavy atom. The molecule has 0 bridgehead atoms. The predicted octanol–water partition coefficient (Wildman–Crippen LogP) is 5.15. The number of ether oxygens (including phenoxy) is 2. The summed E-state index contributed by atoms with van der Waals surface area (Å²) in [6.07, 6.45) is 2.63. The van der Waals surface area contributed by atoms with Gasteiger partial charge in [0.1, 0.15) is 11.2 Å². The van der Waals surface area contributed by atoms with Crippen molar-refractivity contribution in [2.24, 2.45) is 4.99 Å². The zero-order chi connectivity index (χ0) is 23.5. The molecule has 8 heteroatoms. The molecule has 2 amide bonds. The Hall–Kier alpha value is -2.77. The summed E-state index contributed by atoms with van der Waals surface area (Å²) in [6.45, 7) is 13.6. The Bertz CT molecular complexity index is 808. The molecule has 32 heavy (non-hydrogen) atoms. The van der Waals surface area contributed by atoms with Crippen LogP contribution < -0.4 is 4.90 Å². The van der Waals surface area contributed by atoms with Gasteiger partial charge in [-0.25, -0.2) is 24.4 Å². The van der Waals surface area contributed by atoms with E-state index in [1.807, 2.05) is 65.8 Å². The maximum absolute atomic E-state index is 12.8. The summed E-state index contributed by atoms with van der Waals surface area (Å²) in [5.74, 6) is 0.222. The number of carbonyl (C=O) groups excluding carboxylic acids is 2. The molecule has 2 heterocycles. The zero-order valence-corrected chi connectivity index (χ0v) is 20.2. The van der Waals surface area contributed by atoms with Gasteiger partial charge < -0.3 is 14.4 Å². The Labute approximate surface area is 191 Å². The lowest BCUT2D eigenvalue weighted by atomic mass is 10.1. The molecule has 1 aromatic carbocycles. The summed E-state index contributed by atoms with van der Waals surface area (Å²) in [5, 5.41) is 0. The van der Waals surface area contributed by atoms with Crippen LogP contribution in [0.4, 0.5) is 21.0 Å². The molecule has 176 valence electrons. The quantitative estimate of drug-likeness (QED) is 0.630. The Balaban J connectivity index is 1.86. The summed E-state index contributed by atoms with van der Waals surface area (Å²) in [4.78, 5) is 35.4. The molecule has 3 rings (SSSR count). The summed E-state index contributed by atoms with van der Waals surface area (Å²) in [5.41, 5.74) is 0.507. The third-order valence-corrected chi connectivity index (χ3v) is 5.06. The van der Waals surface area contributed by atoms with Crippen LogP contribution in [0.25, 0.3) is 0 Å². The van der Waals surface area contributed by atoms with Crippen molar-refractivity contribution in [3.63, 3.8) is 0 Å². The van der Waals surface area contributed by atoms with Gasteiger partial charge in [-0.05, 0) is 85.1 Å². The molecule has 2 aliphatic heterocycles. The maximum Gasteiger partial charge on any atom is 0.417 e. The van der Waals surface area contributed by atoms with Crippen LogP contribution in [-0.4, -0.2) is 65.3 Å². The fraction of sp³-hybridized carbons (Fsp3) is 0.625. The molecular formula is C24H36N4O4. The number of hydrogen-bond acceptors (Lipinski definition) is 6. The molecule has 0 saturated carbocycles. The van der Waals surface area contributed by atoms with Gasteiger partial charge in [-0.15, -0.1) is 0 Å².